The van der Waals surface area contributed by atoms with Gasteiger partial charge in [-0.1, -0.05) is 0 Å². The quantitative estimate of drug-likeness (QED) is 0.453. The van der Waals surface area contributed by atoms with Crippen LogP contribution < -0.4 is 16.4 Å². The Kier molecular flexibility index (Phi) is 5.21. The molecule has 0 saturated carbocycles. The Morgan fingerprint density at radius 2 is 2.18 bits per heavy atom. The van der Waals surface area contributed by atoms with E-state index in [1.165, 1.54) is 5.56 Å². The number of nitrogens with two attached hydrogens (primary N) is 2. The van der Waals surface area contributed by atoms with Gasteiger partial charge in [-0.3, -0.25) is 4.99 Å². The third-order valence-corrected chi connectivity index (χ3v) is 3.15. The number of hydrogen-bond donors (Lipinski definition) is 2. The summed E-state index contributed by atoms with van der Waals surface area (Å²) >= 11 is 1.76. The van der Waals surface area contributed by atoms with Crippen molar-refractivity contribution in [1.82, 2.24) is 0 Å². The van der Waals surface area contributed by atoms with E-state index in [2.05, 4.69) is 11.9 Å². The maximum absolute atomic E-state index is 5.72. The van der Waals surface area contributed by atoms with E-state index in [9.17, 15) is 0 Å². The van der Waals surface area contributed by atoms with Crippen molar-refractivity contribution in [3.63, 3.8) is 0 Å². The van der Waals surface area contributed by atoms with Crippen molar-refractivity contribution in [3.8, 4) is 0 Å². The van der Waals surface area contributed by atoms with Crippen molar-refractivity contribution in [3.05, 3.63) is 17.4 Å². The minimum absolute atomic E-state index is 0.148. The van der Waals surface area contributed by atoms with Gasteiger partial charge in [-0.05, 0) is 12.5 Å². The summed E-state index contributed by atoms with van der Waals surface area (Å²) in [7, 11) is 3.93. The average molecular weight is 256 g/mol. The van der Waals surface area contributed by atoms with Crippen molar-refractivity contribution < 1.29 is 4.42 Å². The van der Waals surface area contributed by atoms with Gasteiger partial charge in [0.15, 0.2) is 11.8 Å². The van der Waals surface area contributed by atoms with E-state index in [1.54, 1.807) is 11.8 Å². The maximum Gasteiger partial charge on any atom is 0.195 e. The fourth-order valence-corrected chi connectivity index (χ4v) is 2.11. The summed E-state index contributed by atoms with van der Waals surface area (Å²) in [5.41, 5.74) is 11.7. The molecule has 0 radical (unpaired) electrons. The van der Waals surface area contributed by atoms with E-state index in [0.717, 1.165) is 23.2 Å². The molecule has 17 heavy (non-hydrogen) atoms. The molecule has 0 fully saturated rings. The first kappa shape index (κ1) is 13.8. The number of hydrogen-bond acceptors (Lipinski definition) is 4. The molecule has 0 aromatic carbocycles. The molecule has 0 unspecified atom stereocenters. The molecule has 1 aromatic rings. The Bertz CT molecular complexity index is 383. The minimum Gasteiger partial charge on any atom is -0.444 e. The van der Waals surface area contributed by atoms with Gasteiger partial charge < -0.3 is 20.8 Å². The largest absolute Gasteiger partial charge is 0.444 e. The number of guanidine groups is 1. The summed E-state index contributed by atoms with van der Waals surface area (Å²) in [4.78, 5) is 5.88. The van der Waals surface area contributed by atoms with Crippen LogP contribution in [-0.2, 0) is 5.75 Å². The lowest BCUT2D eigenvalue weighted by Gasteiger charge is -2.06. The second-order valence-corrected chi connectivity index (χ2v) is 5.05. The van der Waals surface area contributed by atoms with Gasteiger partial charge in [-0.25, -0.2) is 0 Å². The third kappa shape index (κ3) is 4.60. The fraction of sp³-hybridized carbons (Fsp3) is 0.545. The highest BCUT2D eigenvalue weighted by atomic mass is 32.2. The van der Waals surface area contributed by atoms with Gasteiger partial charge in [0, 0.05) is 25.9 Å². The molecule has 1 aromatic heterocycles. The van der Waals surface area contributed by atoms with Crippen LogP contribution >= 0.6 is 11.8 Å². The minimum atomic E-state index is 0.148. The summed E-state index contributed by atoms with van der Waals surface area (Å²) in [6, 6.07) is 2.05. The molecule has 0 bridgehead atoms. The highest BCUT2D eigenvalue weighted by Gasteiger charge is 2.08. The van der Waals surface area contributed by atoms with Gasteiger partial charge >= 0.3 is 0 Å². The first-order valence-corrected chi connectivity index (χ1v) is 6.56. The standard InChI is InChI=1S/C11H20N4OS/c1-8-6-10(15(2)3)16-9(8)7-17-5-4-14-11(12)13/h6H,4-5,7H2,1-3H3,(H4,12,13,14). The molecule has 4 N–H and O–H groups in total. The van der Waals surface area contributed by atoms with Gasteiger partial charge in [0.05, 0.1) is 12.3 Å². The number of thioether (sulfide) groups is 1. The van der Waals surface area contributed by atoms with E-state index in [1.807, 2.05) is 25.1 Å². The first-order valence-electron chi connectivity index (χ1n) is 5.40. The molecule has 0 aliphatic carbocycles. The van der Waals surface area contributed by atoms with E-state index in [0.29, 0.717) is 6.54 Å². The molecule has 0 atom stereocenters. The maximum atomic E-state index is 5.72. The SMILES string of the molecule is Cc1cc(N(C)C)oc1CSCCN=C(N)N. The van der Waals surface area contributed by atoms with Crippen molar-refractivity contribution in [1.29, 1.82) is 0 Å². The Morgan fingerprint density at radius 3 is 2.71 bits per heavy atom. The number of aliphatic imine (C=N–C) groups is 1. The second-order valence-electron chi connectivity index (χ2n) is 3.94. The van der Waals surface area contributed by atoms with Crippen LogP contribution in [0.5, 0.6) is 0 Å². The van der Waals surface area contributed by atoms with Crippen LogP contribution in [0, 0.1) is 6.92 Å². The lowest BCUT2D eigenvalue weighted by Crippen LogP contribution is -2.23. The van der Waals surface area contributed by atoms with Crippen LogP contribution in [0.4, 0.5) is 5.88 Å². The third-order valence-electron chi connectivity index (χ3n) is 2.21. The van der Waals surface area contributed by atoms with Crippen LogP contribution in [0.3, 0.4) is 0 Å². The van der Waals surface area contributed by atoms with Crippen LogP contribution in [-0.4, -0.2) is 32.4 Å². The predicted molar refractivity (Wildman–Crippen MR) is 74.6 cm³/mol. The molecule has 0 aliphatic rings. The summed E-state index contributed by atoms with van der Waals surface area (Å²) in [6.07, 6.45) is 0. The van der Waals surface area contributed by atoms with Crippen molar-refractivity contribution in [2.45, 2.75) is 12.7 Å². The fourth-order valence-electron chi connectivity index (χ4n) is 1.27. The molecule has 1 rings (SSSR count). The zero-order chi connectivity index (χ0) is 12.8. The molecule has 1 heterocycles. The van der Waals surface area contributed by atoms with E-state index in [4.69, 9.17) is 15.9 Å². The molecule has 0 aliphatic heterocycles. The Balaban J connectivity index is 2.39. The Morgan fingerprint density at radius 1 is 1.47 bits per heavy atom. The van der Waals surface area contributed by atoms with Crippen LogP contribution in [0.15, 0.2) is 15.5 Å². The average Bonchev–Trinajstić information content (AvgIpc) is 2.59. The normalized spacial score (nSPS) is 10.3. The summed E-state index contributed by atoms with van der Waals surface area (Å²) in [5.74, 6) is 3.79. The van der Waals surface area contributed by atoms with E-state index < -0.39 is 0 Å². The number of rotatable bonds is 6. The van der Waals surface area contributed by atoms with Crippen LogP contribution in [0.1, 0.15) is 11.3 Å². The molecule has 5 nitrogen and oxygen atoms in total. The number of furan rings is 1. The Labute approximate surface area is 106 Å². The zero-order valence-electron chi connectivity index (χ0n) is 10.6. The molecule has 0 amide bonds. The predicted octanol–water partition coefficient (Wildman–Crippen LogP) is 1.16. The van der Waals surface area contributed by atoms with E-state index in [-0.39, 0.29) is 5.96 Å². The van der Waals surface area contributed by atoms with Gasteiger partial charge in [0.25, 0.3) is 0 Å². The summed E-state index contributed by atoms with van der Waals surface area (Å²) < 4.78 is 5.72. The molecular formula is C11H20N4OS. The van der Waals surface area contributed by atoms with Gasteiger partial charge in [-0.15, -0.1) is 0 Å². The summed E-state index contributed by atoms with van der Waals surface area (Å²) in [6.45, 7) is 2.70. The van der Waals surface area contributed by atoms with Crippen LogP contribution in [0.25, 0.3) is 0 Å². The number of anilines is 1. The molecule has 0 saturated heterocycles. The Hall–Kier alpha value is -1.30. The zero-order valence-corrected chi connectivity index (χ0v) is 11.4. The number of nitrogens with zero attached hydrogens (tertiary/aromatic N) is 2. The van der Waals surface area contributed by atoms with Gasteiger partial charge in [-0.2, -0.15) is 11.8 Å². The monoisotopic (exact) mass is 256 g/mol. The highest BCUT2D eigenvalue weighted by molar-refractivity contribution is 7.98. The highest BCUT2D eigenvalue weighted by Crippen LogP contribution is 2.24. The van der Waals surface area contributed by atoms with Crippen molar-refractivity contribution in [2.24, 2.45) is 16.5 Å². The van der Waals surface area contributed by atoms with Crippen molar-refractivity contribution in [2.75, 3.05) is 31.3 Å². The summed E-state index contributed by atoms with van der Waals surface area (Å²) in [5, 5.41) is 0. The topological polar surface area (TPSA) is 80.8 Å². The van der Waals surface area contributed by atoms with E-state index >= 15 is 0 Å². The van der Waals surface area contributed by atoms with Gasteiger partial charge in [0.2, 0.25) is 0 Å². The van der Waals surface area contributed by atoms with Crippen molar-refractivity contribution >= 4 is 23.6 Å². The lowest BCUT2D eigenvalue weighted by atomic mass is 10.3. The molecule has 0 spiro atoms. The molecule has 6 heteroatoms. The second kappa shape index (κ2) is 6.44. The van der Waals surface area contributed by atoms with Crippen LogP contribution in [0.2, 0.25) is 0 Å². The van der Waals surface area contributed by atoms with Gasteiger partial charge in [0.1, 0.15) is 5.76 Å². The molecular weight excluding hydrogens is 236 g/mol. The number of aryl methyl sites for hydroxylation is 1. The lowest BCUT2D eigenvalue weighted by molar-refractivity contribution is 0.528. The smallest absolute Gasteiger partial charge is 0.195 e. The first-order chi connectivity index (χ1) is 8.00. The molecule has 96 valence electrons.